The number of hydrogen-bond donors (Lipinski definition) is 1. The predicted molar refractivity (Wildman–Crippen MR) is 60.2 cm³/mol. The van der Waals surface area contributed by atoms with Crippen LogP contribution in [0.5, 0.6) is 0 Å². The summed E-state index contributed by atoms with van der Waals surface area (Å²) in [6, 6.07) is 6.94. The molecule has 92 valence electrons. The molecule has 0 bridgehead atoms. The largest absolute Gasteiger partial charge is 0.433 e. The van der Waals surface area contributed by atoms with E-state index < -0.39 is 11.9 Å². The molecule has 0 saturated carbocycles. The molecule has 1 heterocycles. The normalized spacial score (nSPS) is 11.0. The number of nitrogen functional groups attached to an aromatic ring is 1. The highest BCUT2D eigenvalue weighted by Crippen LogP contribution is 2.30. The SMILES string of the molecule is Cl.Nc1ccc(-n2nccc2C(F)(F)F)cc1. The topological polar surface area (TPSA) is 43.8 Å². The molecule has 2 rings (SSSR count). The molecule has 2 N–H and O–H groups in total. The van der Waals surface area contributed by atoms with Crippen LogP contribution in [0.1, 0.15) is 5.69 Å². The molecule has 0 spiro atoms. The Labute approximate surface area is 101 Å². The zero-order valence-corrected chi connectivity index (χ0v) is 9.29. The first-order valence-electron chi connectivity index (χ1n) is 4.45. The lowest BCUT2D eigenvalue weighted by Crippen LogP contribution is -2.13. The molecule has 0 aliphatic carbocycles. The first-order valence-corrected chi connectivity index (χ1v) is 4.45. The summed E-state index contributed by atoms with van der Waals surface area (Å²) in [6.45, 7) is 0. The smallest absolute Gasteiger partial charge is 0.399 e. The van der Waals surface area contributed by atoms with Crippen LogP contribution in [0.3, 0.4) is 0 Å². The minimum absolute atomic E-state index is 0. The van der Waals surface area contributed by atoms with E-state index in [-0.39, 0.29) is 12.4 Å². The maximum absolute atomic E-state index is 12.6. The van der Waals surface area contributed by atoms with Gasteiger partial charge in [-0.2, -0.15) is 18.3 Å². The third-order valence-corrected chi connectivity index (χ3v) is 2.07. The Hall–Kier alpha value is -1.69. The Morgan fingerprint density at radius 2 is 1.65 bits per heavy atom. The van der Waals surface area contributed by atoms with Crippen LogP contribution < -0.4 is 5.73 Å². The van der Waals surface area contributed by atoms with Gasteiger partial charge in [0.2, 0.25) is 0 Å². The minimum atomic E-state index is -4.42. The van der Waals surface area contributed by atoms with E-state index in [4.69, 9.17) is 5.73 Å². The number of aromatic nitrogens is 2. The first kappa shape index (κ1) is 13.4. The lowest BCUT2D eigenvalue weighted by Gasteiger charge is -2.10. The van der Waals surface area contributed by atoms with Gasteiger partial charge < -0.3 is 5.73 Å². The molecule has 1 aromatic heterocycles. The summed E-state index contributed by atoms with van der Waals surface area (Å²) in [5.74, 6) is 0. The van der Waals surface area contributed by atoms with Crippen molar-refractivity contribution in [2.45, 2.75) is 6.18 Å². The second-order valence-electron chi connectivity index (χ2n) is 3.22. The van der Waals surface area contributed by atoms with Gasteiger partial charge in [0.15, 0.2) is 0 Å². The van der Waals surface area contributed by atoms with E-state index >= 15 is 0 Å². The molecule has 0 atom stereocenters. The fraction of sp³-hybridized carbons (Fsp3) is 0.100. The summed E-state index contributed by atoms with van der Waals surface area (Å²) in [6.07, 6.45) is -3.31. The van der Waals surface area contributed by atoms with Crippen LogP contribution >= 0.6 is 12.4 Å². The molecule has 0 saturated heterocycles. The minimum Gasteiger partial charge on any atom is -0.399 e. The zero-order chi connectivity index (χ0) is 11.8. The van der Waals surface area contributed by atoms with Crippen molar-refractivity contribution in [3.63, 3.8) is 0 Å². The Balaban J connectivity index is 0.00000144. The van der Waals surface area contributed by atoms with Gasteiger partial charge in [-0.3, -0.25) is 0 Å². The summed E-state index contributed by atoms with van der Waals surface area (Å²) in [5.41, 5.74) is 5.46. The molecule has 0 fully saturated rings. The van der Waals surface area contributed by atoms with E-state index in [9.17, 15) is 13.2 Å². The molecule has 17 heavy (non-hydrogen) atoms. The second kappa shape index (κ2) is 4.67. The Morgan fingerprint density at radius 3 is 2.18 bits per heavy atom. The molecule has 0 unspecified atom stereocenters. The van der Waals surface area contributed by atoms with Crippen molar-refractivity contribution < 1.29 is 13.2 Å². The van der Waals surface area contributed by atoms with Gasteiger partial charge in [0, 0.05) is 5.69 Å². The Morgan fingerprint density at radius 1 is 1.06 bits per heavy atom. The molecule has 0 radical (unpaired) electrons. The van der Waals surface area contributed by atoms with Crippen LogP contribution in [0.15, 0.2) is 36.5 Å². The quantitative estimate of drug-likeness (QED) is 0.804. The van der Waals surface area contributed by atoms with Crippen molar-refractivity contribution in [1.29, 1.82) is 0 Å². The maximum atomic E-state index is 12.6. The first-order chi connectivity index (χ1) is 7.48. The van der Waals surface area contributed by atoms with Crippen molar-refractivity contribution >= 4 is 18.1 Å². The second-order valence-corrected chi connectivity index (χ2v) is 3.22. The molecule has 0 aliphatic rings. The molecule has 0 amide bonds. The number of rotatable bonds is 1. The highest BCUT2D eigenvalue weighted by molar-refractivity contribution is 5.85. The summed E-state index contributed by atoms with van der Waals surface area (Å²) in [7, 11) is 0. The summed E-state index contributed by atoms with van der Waals surface area (Å²) >= 11 is 0. The average Bonchev–Trinajstić information content (AvgIpc) is 2.66. The van der Waals surface area contributed by atoms with Crippen LogP contribution in [0.2, 0.25) is 0 Å². The van der Waals surface area contributed by atoms with Gasteiger partial charge in [-0.1, -0.05) is 0 Å². The van der Waals surface area contributed by atoms with E-state index in [1.165, 1.54) is 24.3 Å². The van der Waals surface area contributed by atoms with E-state index in [0.29, 0.717) is 11.4 Å². The van der Waals surface area contributed by atoms with Gasteiger partial charge in [-0.05, 0) is 30.3 Å². The highest BCUT2D eigenvalue weighted by atomic mass is 35.5. The number of benzene rings is 1. The fourth-order valence-corrected chi connectivity index (χ4v) is 1.34. The third-order valence-electron chi connectivity index (χ3n) is 2.07. The third kappa shape index (κ3) is 2.71. The van der Waals surface area contributed by atoms with Crippen molar-refractivity contribution in [3.05, 3.63) is 42.2 Å². The standard InChI is InChI=1S/C10H8F3N3.ClH/c11-10(12,13)9-5-6-15-16(9)8-3-1-7(14)2-4-8;/h1-6H,14H2;1H. The number of hydrogen-bond acceptors (Lipinski definition) is 2. The van der Waals surface area contributed by atoms with Crippen LogP contribution in [-0.2, 0) is 6.18 Å². The van der Waals surface area contributed by atoms with Gasteiger partial charge in [-0.25, -0.2) is 4.68 Å². The Kier molecular flexibility index (Phi) is 3.67. The molecule has 2 aromatic rings. The highest BCUT2D eigenvalue weighted by Gasteiger charge is 2.35. The lowest BCUT2D eigenvalue weighted by atomic mass is 10.3. The fourth-order valence-electron chi connectivity index (χ4n) is 1.34. The van der Waals surface area contributed by atoms with Gasteiger partial charge in [0.1, 0.15) is 5.69 Å². The van der Waals surface area contributed by atoms with Crippen LogP contribution in [0, 0.1) is 0 Å². The van der Waals surface area contributed by atoms with E-state index in [2.05, 4.69) is 5.10 Å². The molecule has 1 aromatic carbocycles. The predicted octanol–water partition coefficient (Wildman–Crippen LogP) is 2.90. The van der Waals surface area contributed by atoms with Crippen molar-refractivity contribution in [2.75, 3.05) is 5.73 Å². The number of nitrogens with zero attached hydrogens (tertiary/aromatic N) is 2. The molecular weight excluding hydrogens is 255 g/mol. The van der Waals surface area contributed by atoms with Crippen LogP contribution in [0.25, 0.3) is 5.69 Å². The van der Waals surface area contributed by atoms with Gasteiger partial charge in [0.25, 0.3) is 0 Å². The number of alkyl halides is 3. The van der Waals surface area contributed by atoms with E-state index in [1.54, 1.807) is 0 Å². The summed E-state index contributed by atoms with van der Waals surface area (Å²) < 4.78 is 38.5. The Bertz CT molecular complexity index is 490. The maximum Gasteiger partial charge on any atom is 0.433 e. The van der Waals surface area contributed by atoms with Gasteiger partial charge in [-0.15, -0.1) is 12.4 Å². The molecule has 0 aliphatic heterocycles. The number of anilines is 1. The molecule has 7 heteroatoms. The zero-order valence-electron chi connectivity index (χ0n) is 8.48. The van der Waals surface area contributed by atoms with Crippen molar-refractivity contribution in [3.8, 4) is 5.69 Å². The van der Waals surface area contributed by atoms with E-state index in [0.717, 1.165) is 16.9 Å². The van der Waals surface area contributed by atoms with Gasteiger partial charge >= 0.3 is 6.18 Å². The number of nitrogens with two attached hydrogens (primary N) is 1. The van der Waals surface area contributed by atoms with Crippen LogP contribution in [0.4, 0.5) is 18.9 Å². The molecule has 3 nitrogen and oxygen atoms in total. The number of halogens is 4. The monoisotopic (exact) mass is 263 g/mol. The van der Waals surface area contributed by atoms with Crippen LogP contribution in [-0.4, -0.2) is 9.78 Å². The molecular formula is C10H9ClF3N3. The summed E-state index contributed by atoms with van der Waals surface area (Å²) in [4.78, 5) is 0. The van der Waals surface area contributed by atoms with Gasteiger partial charge in [0.05, 0.1) is 11.9 Å². The lowest BCUT2D eigenvalue weighted by molar-refractivity contribution is -0.142. The van der Waals surface area contributed by atoms with Crippen molar-refractivity contribution in [2.24, 2.45) is 0 Å². The summed E-state index contributed by atoms with van der Waals surface area (Å²) in [5, 5.41) is 3.64. The van der Waals surface area contributed by atoms with Crippen molar-refractivity contribution in [1.82, 2.24) is 9.78 Å². The van der Waals surface area contributed by atoms with E-state index in [1.807, 2.05) is 0 Å². The average molecular weight is 264 g/mol.